The molecule has 4 aromatic rings. The number of Topliss-reactive ketones (excluding diaryl/α,β-unsaturated/α-hetero) is 1. The van der Waals surface area contributed by atoms with Crippen LogP contribution in [0.5, 0.6) is 5.75 Å². The highest BCUT2D eigenvalue weighted by Gasteiger charge is 2.64. The average molecular weight is 650 g/mol. The number of carbonyl (C=O) groups excluding carboxylic acids is 4. The molecule has 0 unspecified atom stereocenters. The monoisotopic (exact) mass is 649 g/mol. The fourth-order valence-electron chi connectivity index (χ4n) is 7.44. The number of benzene rings is 4. The fourth-order valence-corrected chi connectivity index (χ4v) is 8.37. The van der Waals surface area contributed by atoms with Crippen LogP contribution in [0.1, 0.15) is 50.6 Å². The first kappa shape index (κ1) is 30.6. The Balaban J connectivity index is 0.985. The van der Waals surface area contributed by atoms with E-state index in [1.54, 1.807) is 24.3 Å². The van der Waals surface area contributed by atoms with Crippen molar-refractivity contribution < 1.29 is 36.5 Å². The number of rotatable bonds is 9. The van der Waals surface area contributed by atoms with Gasteiger partial charge in [-0.3, -0.25) is 19.3 Å². The van der Waals surface area contributed by atoms with Gasteiger partial charge in [0.2, 0.25) is 11.8 Å². The van der Waals surface area contributed by atoms with E-state index in [4.69, 9.17) is 8.92 Å². The zero-order chi connectivity index (χ0) is 32.9. The second kappa shape index (κ2) is 11.9. The van der Waals surface area contributed by atoms with Crippen molar-refractivity contribution in [3.8, 4) is 5.75 Å². The van der Waals surface area contributed by atoms with E-state index in [1.165, 1.54) is 59.0 Å². The molecule has 5 atom stereocenters. The summed E-state index contributed by atoms with van der Waals surface area (Å²) in [6, 6.07) is 28.0. The minimum atomic E-state index is -4.05. The number of ketones is 1. The molecular formula is C37H31NO8S. The number of esters is 1. The van der Waals surface area contributed by atoms with Crippen LogP contribution in [0.2, 0.25) is 0 Å². The first-order valence-corrected chi connectivity index (χ1v) is 16.9. The minimum Gasteiger partial charge on any atom is -0.454 e. The van der Waals surface area contributed by atoms with Crippen LogP contribution in [0, 0.1) is 30.6 Å². The summed E-state index contributed by atoms with van der Waals surface area (Å²) < 4.78 is 35.5. The number of carbonyl (C=O) groups is 4. The van der Waals surface area contributed by atoms with Crippen molar-refractivity contribution in [2.75, 3.05) is 11.5 Å². The molecule has 9 nitrogen and oxygen atoms in total. The number of nitrogens with zero attached hydrogens (tertiary/aromatic N) is 1. The lowest BCUT2D eigenvalue weighted by molar-refractivity contribution is -0.123. The van der Waals surface area contributed by atoms with Crippen LogP contribution in [-0.2, 0) is 24.4 Å². The lowest BCUT2D eigenvalue weighted by atomic mass is 9.73. The predicted molar refractivity (Wildman–Crippen MR) is 171 cm³/mol. The summed E-state index contributed by atoms with van der Waals surface area (Å²) in [6.45, 7) is 1.27. The van der Waals surface area contributed by atoms with Gasteiger partial charge in [0.1, 0.15) is 10.6 Å². The van der Waals surface area contributed by atoms with E-state index in [9.17, 15) is 27.6 Å². The molecule has 238 valence electrons. The van der Waals surface area contributed by atoms with Gasteiger partial charge < -0.3 is 8.92 Å². The molecule has 0 aromatic heterocycles. The summed E-state index contributed by atoms with van der Waals surface area (Å²) in [5.41, 5.74) is 2.70. The Hall–Kier alpha value is -5.09. The van der Waals surface area contributed by atoms with E-state index in [1.807, 2.05) is 25.1 Å². The highest BCUT2D eigenvalue weighted by molar-refractivity contribution is 7.87. The lowest BCUT2D eigenvalue weighted by Crippen LogP contribution is -2.33. The van der Waals surface area contributed by atoms with Crippen LogP contribution in [-0.4, -0.2) is 38.6 Å². The topological polar surface area (TPSA) is 124 Å². The quantitative estimate of drug-likeness (QED) is 0.0975. The molecule has 2 aliphatic carbocycles. The summed E-state index contributed by atoms with van der Waals surface area (Å²) in [6.07, 6.45) is 1.74. The first-order valence-electron chi connectivity index (χ1n) is 15.4. The van der Waals surface area contributed by atoms with Crippen molar-refractivity contribution in [1.29, 1.82) is 0 Å². The van der Waals surface area contributed by atoms with Crippen LogP contribution in [0.15, 0.2) is 108 Å². The van der Waals surface area contributed by atoms with Crippen LogP contribution in [0.3, 0.4) is 0 Å². The number of amides is 2. The molecule has 0 N–H and O–H groups in total. The van der Waals surface area contributed by atoms with Crippen molar-refractivity contribution in [2.45, 2.75) is 30.6 Å². The largest absolute Gasteiger partial charge is 0.454 e. The SMILES string of the molecule is Cc1ccc(S(=O)(=O)Oc2ccc(C(=O)COC(=O)c3cccc(N4C(=O)[C@@H]5[C@H]6C[C@@H]([C@@H]5C4=O)[C@@H](c4ccccc4)C6)c3)cc2)cc1. The Bertz CT molecular complexity index is 1990. The van der Waals surface area contributed by atoms with E-state index in [-0.39, 0.29) is 63.2 Å². The normalized spacial score (nSPS) is 23.1. The maximum absolute atomic E-state index is 13.7. The van der Waals surface area contributed by atoms with Gasteiger partial charge in [0, 0.05) is 5.56 Å². The van der Waals surface area contributed by atoms with Gasteiger partial charge in [-0.1, -0.05) is 54.1 Å². The third-order valence-electron chi connectivity index (χ3n) is 9.61. The number of fused-ring (bicyclic) bond motifs is 5. The average Bonchev–Trinajstić information content (AvgIpc) is 3.75. The molecule has 1 saturated heterocycles. The standard InChI is InChI=1S/C37H31NO8S/c1-22-10-16-29(17-11-22)47(43,44)46-28-14-12-24(13-15-28)32(39)21-45-37(42)25-8-5-9-27(18-25)38-35(40)33-26-19-30(23-6-3-2-4-7-23)31(20-26)34(33)36(38)41/h2-18,26,30-31,33-34H,19-21H2,1H3/t26-,30-,31-,33-,34+/m1/s1. The molecular weight excluding hydrogens is 618 g/mol. The Morgan fingerprint density at radius 3 is 2.21 bits per heavy atom. The van der Waals surface area contributed by atoms with Gasteiger partial charge in [0.15, 0.2) is 12.4 Å². The second-order valence-electron chi connectivity index (χ2n) is 12.4. The van der Waals surface area contributed by atoms with Gasteiger partial charge >= 0.3 is 16.1 Å². The molecule has 7 rings (SSSR count). The number of aryl methyl sites for hydroxylation is 1. The molecule has 0 spiro atoms. The third-order valence-corrected chi connectivity index (χ3v) is 10.9. The predicted octanol–water partition coefficient (Wildman–Crippen LogP) is 5.73. The highest BCUT2D eigenvalue weighted by Crippen LogP contribution is 2.61. The summed E-state index contributed by atoms with van der Waals surface area (Å²) >= 11 is 0. The Morgan fingerprint density at radius 1 is 0.787 bits per heavy atom. The van der Waals surface area contributed by atoms with Crippen molar-refractivity contribution in [2.24, 2.45) is 23.7 Å². The van der Waals surface area contributed by atoms with E-state index >= 15 is 0 Å². The number of hydrogen-bond donors (Lipinski definition) is 0. The molecule has 47 heavy (non-hydrogen) atoms. The number of hydrogen-bond acceptors (Lipinski definition) is 8. The summed E-state index contributed by atoms with van der Waals surface area (Å²) in [5, 5.41) is 0. The maximum atomic E-state index is 13.7. The van der Waals surface area contributed by atoms with Gasteiger partial charge in [-0.15, -0.1) is 0 Å². The fraction of sp³-hybridized carbons (Fsp3) is 0.243. The van der Waals surface area contributed by atoms with Gasteiger partial charge in [0.25, 0.3) is 0 Å². The molecule has 2 amide bonds. The Morgan fingerprint density at radius 2 is 1.49 bits per heavy atom. The molecule has 1 heterocycles. The van der Waals surface area contributed by atoms with Crippen LogP contribution >= 0.6 is 0 Å². The molecule has 3 aliphatic rings. The smallest absolute Gasteiger partial charge is 0.339 e. The molecule has 0 radical (unpaired) electrons. The van der Waals surface area contributed by atoms with Crippen molar-refractivity contribution in [3.05, 3.63) is 125 Å². The molecule has 10 heteroatoms. The van der Waals surface area contributed by atoms with E-state index in [2.05, 4.69) is 12.1 Å². The molecule has 1 aliphatic heterocycles. The zero-order valence-electron chi connectivity index (χ0n) is 25.4. The van der Waals surface area contributed by atoms with E-state index < -0.39 is 28.5 Å². The second-order valence-corrected chi connectivity index (χ2v) is 13.9. The zero-order valence-corrected chi connectivity index (χ0v) is 26.3. The number of imide groups is 1. The third kappa shape index (κ3) is 5.63. The van der Waals surface area contributed by atoms with Crippen LogP contribution in [0.4, 0.5) is 5.69 Å². The number of anilines is 1. The van der Waals surface area contributed by atoms with E-state index in [0.717, 1.165) is 18.4 Å². The lowest BCUT2D eigenvalue weighted by Gasteiger charge is -2.28. The minimum absolute atomic E-state index is 0.00404. The van der Waals surface area contributed by atoms with Gasteiger partial charge in [-0.2, -0.15) is 8.42 Å². The maximum Gasteiger partial charge on any atom is 0.339 e. The molecule has 2 bridgehead atoms. The first-order chi connectivity index (χ1) is 22.6. The summed E-state index contributed by atoms with van der Waals surface area (Å²) in [4.78, 5) is 54.2. The van der Waals surface area contributed by atoms with Gasteiger partial charge in [-0.25, -0.2) is 4.79 Å². The Labute approximate surface area is 272 Å². The molecule has 2 saturated carbocycles. The molecule has 3 fully saturated rings. The summed E-state index contributed by atoms with van der Waals surface area (Å²) in [5.74, 6) is -1.95. The van der Waals surface area contributed by atoms with Gasteiger partial charge in [-0.05, 0) is 97.7 Å². The highest BCUT2D eigenvalue weighted by atomic mass is 32.2. The van der Waals surface area contributed by atoms with Gasteiger partial charge in [0.05, 0.1) is 23.1 Å². The van der Waals surface area contributed by atoms with Crippen molar-refractivity contribution in [1.82, 2.24) is 0 Å². The van der Waals surface area contributed by atoms with E-state index in [0.29, 0.717) is 5.69 Å². The number of ether oxygens (including phenoxy) is 1. The molecule has 4 aromatic carbocycles. The van der Waals surface area contributed by atoms with Crippen molar-refractivity contribution >= 4 is 39.4 Å². The summed E-state index contributed by atoms with van der Waals surface area (Å²) in [7, 11) is -4.05. The van der Waals surface area contributed by atoms with Crippen molar-refractivity contribution in [3.63, 3.8) is 0 Å². The van der Waals surface area contributed by atoms with Crippen LogP contribution in [0.25, 0.3) is 0 Å². The Kier molecular flexibility index (Phi) is 7.76. The van der Waals surface area contributed by atoms with Crippen LogP contribution < -0.4 is 9.08 Å².